The number of imide groups is 1. The Morgan fingerprint density at radius 1 is 0.982 bits per heavy atom. The van der Waals surface area contributed by atoms with Gasteiger partial charge in [-0.1, -0.05) is 29.8 Å². The van der Waals surface area contributed by atoms with Crippen LogP contribution in [0.4, 0.5) is 14.0 Å². The van der Waals surface area contributed by atoms with E-state index in [4.69, 9.17) is 16.3 Å². The highest BCUT2D eigenvalue weighted by Gasteiger charge is 2.43. The van der Waals surface area contributed by atoms with Crippen LogP contribution in [0.1, 0.15) is 50.7 Å². The Hall–Kier alpha value is -5.40. The number of urea groups is 2. The lowest BCUT2D eigenvalue weighted by Gasteiger charge is -2.36. The Morgan fingerprint density at radius 2 is 1.65 bits per heavy atom. The van der Waals surface area contributed by atoms with Gasteiger partial charge in [0.2, 0.25) is 5.91 Å². The molecule has 0 spiro atoms. The first-order valence-corrected chi connectivity index (χ1v) is 18.7. The van der Waals surface area contributed by atoms with Gasteiger partial charge in [0.15, 0.2) is 11.5 Å². The summed E-state index contributed by atoms with van der Waals surface area (Å²) in [5, 5.41) is 44.0. The molecule has 0 saturated carbocycles. The molecule has 2 atom stereocenters. The number of carbonyl (C=O) groups is 5. The van der Waals surface area contributed by atoms with Crippen LogP contribution >= 0.6 is 19.2 Å². The molecule has 3 heterocycles. The molecule has 0 aliphatic carbocycles. The van der Waals surface area contributed by atoms with Crippen molar-refractivity contribution >= 4 is 61.5 Å². The van der Waals surface area contributed by atoms with Crippen LogP contribution in [0.25, 0.3) is 0 Å². The normalized spacial score (nSPS) is 18.1. The van der Waals surface area contributed by atoms with Crippen molar-refractivity contribution in [2.45, 2.75) is 37.3 Å². The van der Waals surface area contributed by atoms with Crippen molar-refractivity contribution in [3.05, 3.63) is 81.6 Å². The smallest absolute Gasteiger partial charge is 0.534 e. The molecule has 0 unspecified atom stereocenters. The molecule has 3 aromatic carbocycles. The number of amides is 6. The lowest BCUT2D eigenvalue weighted by Crippen LogP contribution is -2.56. The SMILES string of the molecule is O=C(O)c1c(F)ccc2c1OB(O)[C@@H](NC(=O)[C@H](NC(=O)N1CCN(C3CCN(C(=O)c4ccc(O)c(O)c4Cl)CC3)C1=O)c1ccc(P(=O)(O)O)cc1)C2. The van der Waals surface area contributed by atoms with E-state index in [1.807, 2.05) is 0 Å². The molecule has 8 N–H and O–H groups in total. The topological polar surface area (TPSA) is 267 Å². The number of nitrogens with one attached hydrogen (secondary N) is 2. The predicted molar refractivity (Wildman–Crippen MR) is 190 cm³/mol. The summed E-state index contributed by atoms with van der Waals surface area (Å²) in [5.41, 5.74) is -0.626. The number of phenolic OH excluding ortho intramolecular Hbond substituents is 2. The molecule has 22 heteroatoms. The first-order chi connectivity index (χ1) is 26.0. The standard InChI is InChI=1S/C33H33BClFN5O13P/c35-25-20(6-8-22(42)27(25)43)30(45)39-11-9-18(10-12-39)40-13-14-41(33(40)49)32(48)38-26(16-1-4-19(5-2-16)55(51,52)53)29(44)37-23-15-17-3-7-21(36)24(31(46)47)28(17)54-34(23)50/h1-8,18,23,26,42-43,50H,9-15H2,(H,37,44)(H,38,48)(H,46,47)(H2,51,52,53)/t23-,26+/m0/s1. The number of nitrogens with zero attached hydrogens (tertiary/aromatic N) is 3. The highest BCUT2D eigenvalue weighted by molar-refractivity contribution is 7.60. The van der Waals surface area contributed by atoms with E-state index in [0.717, 1.165) is 29.2 Å². The van der Waals surface area contributed by atoms with Crippen molar-refractivity contribution in [1.82, 2.24) is 25.3 Å². The third-order valence-electron chi connectivity index (χ3n) is 9.65. The van der Waals surface area contributed by atoms with Gasteiger partial charge < -0.3 is 55.2 Å². The molecule has 2 fully saturated rings. The van der Waals surface area contributed by atoms with E-state index in [1.165, 1.54) is 34.1 Å². The molecule has 0 aromatic heterocycles. The maximum Gasteiger partial charge on any atom is 0.547 e. The number of likely N-dealkylation sites (tertiary alicyclic amines) is 1. The second-order valence-corrected chi connectivity index (χ2v) is 15.0. The molecule has 0 bridgehead atoms. The van der Waals surface area contributed by atoms with Crippen LogP contribution in [0.5, 0.6) is 17.2 Å². The van der Waals surface area contributed by atoms with Gasteiger partial charge in [0.25, 0.3) is 5.91 Å². The molecule has 6 amide bonds. The molecule has 2 saturated heterocycles. The molecule has 6 rings (SSSR count). The molecule has 3 aliphatic heterocycles. The van der Waals surface area contributed by atoms with Crippen molar-refractivity contribution in [2.75, 3.05) is 26.2 Å². The zero-order chi connectivity index (χ0) is 39.9. The highest BCUT2D eigenvalue weighted by Crippen LogP contribution is 2.37. The van der Waals surface area contributed by atoms with Gasteiger partial charge in [0.05, 0.1) is 21.8 Å². The summed E-state index contributed by atoms with van der Waals surface area (Å²) in [5.74, 6) is -6.93. The van der Waals surface area contributed by atoms with Crippen molar-refractivity contribution in [2.24, 2.45) is 0 Å². The van der Waals surface area contributed by atoms with Gasteiger partial charge in [-0.3, -0.25) is 14.2 Å². The lowest BCUT2D eigenvalue weighted by molar-refractivity contribution is -0.123. The minimum Gasteiger partial charge on any atom is -0.534 e. The minimum atomic E-state index is -4.69. The molecule has 55 heavy (non-hydrogen) atoms. The second-order valence-electron chi connectivity index (χ2n) is 13.0. The fourth-order valence-corrected chi connectivity index (χ4v) is 7.52. The molecule has 0 radical (unpaired) electrons. The molecular formula is C33H33BClFN5O13P. The summed E-state index contributed by atoms with van der Waals surface area (Å²) in [7, 11) is -6.55. The van der Waals surface area contributed by atoms with Crippen LogP contribution in [0.2, 0.25) is 5.02 Å². The third kappa shape index (κ3) is 7.90. The fraction of sp³-hybridized carbons (Fsp3) is 0.303. The molecule has 3 aromatic rings. The van der Waals surface area contributed by atoms with Crippen molar-refractivity contribution < 1.29 is 67.7 Å². The summed E-state index contributed by atoms with van der Waals surface area (Å²) < 4.78 is 31.3. The number of rotatable bonds is 8. The Bertz CT molecular complexity index is 2120. The molecule has 290 valence electrons. The number of carbonyl (C=O) groups excluding carboxylic acids is 4. The average molecular weight is 804 g/mol. The predicted octanol–water partition coefficient (Wildman–Crippen LogP) is 1.32. The number of carboxylic acids is 1. The van der Waals surface area contributed by atoms with Crippen LogP contribution in [0.3, 0.4) is 0 Å². The van der Waals surface area contributed by atoms with Gasteiger partial charge in [-0.15, -0.1) is 0 Å². The van der Waals surface area contributed by atoms with E-state index in [9.17, 15) is 63.1 Å². The summed E-state index contributed by atoms with van der Waals surface area (Å²) in [6, 6.07) is 5.38. The Labute approximate surface area is 316 Å². The Morgan fingerprint density at radius 3 is 2.29 bits per heavy atom. The number of piperidine rings is 1. The minimum absolute atomic E-state index is 0.0106. The Balaban J connectivity index is 1.15. The van der Waals surface area contributed by atoms with Crippen LogP contribution in [-0.4, -0.2) is 120 Å². The number of phenols is 2. The van der Waals surface area contributed by atoms with E-state index >= 15 is 0 Å². The average Bonchev–Trinajstić information content (AvgIpc) is 3.53. The monoisotopic (exact) mass is 803 g/mol. The summed E-state index contributed by atoms with van der Waals surface area (Å²) in [6.45, 7) is 0.461. The number of aromatic carboxylic acids is 1. The van der Waals surface area contributed by atoms with Gasteiger partial charge in [0, 0.05) is 32.2 Å². The number of hydrogen-bond acceptors (Lipinski definition) is 10. The maximum absolute atomic E-state index is 14.2. The van der Waals surface area contributed by atoms with Crippen molar-refractivity contribution in [1.29, 1.82) is 0 Å². The van der Waals surface area contributed by atoms with E-state index in [1.54, 1.807) is 0 Å². The first-order valence-electron chi connectivity index (χ1n) is 16.7. The van der Waals surface area contributed by atoms with Gasteiger partial charge in [-0.25, -0.2) is 23.7 Å². The quantitative estimate of drug-likeness (QED) is 0.0909. The first kappa shape index (κ1) is 39.3. The summed E-state index contributed by atoms with van der Waals surface area (Å²) in [4.78, 5) is 88.6. The van der Waals surface area contributed by atoms with Crippen LogP contribution < -0.4 is 20.6 Å². The highest BCUT2D eigenvalue weighted by atomic mass is 35.5. The van der Waals surface area contributed by atoms with Gasteiger partial charge in [-0.05, 0) is 60.7 Å². The largest absolute Gasteiger partial charge is 0.547 e. The number of hydrogen-bond donors (Lipinski definition) is 8. The molecule has 3 aliphatic rings. The van der Waals surface area contributed by atoms with E-state index in [0.29, 0.717) is 12.8 Å². The number of carboxylic acid groups (broad SMARTS) is 1. The summed E-state index contributed by atoms with van der Waals surface area (Å²) >= 11 is 6.07. The second kappa shape index (κ2) is 15.4. The van der Waals surface area contributed by atoms with Crippen molar-refractivity contribution in [3.8, 4) is 17.2 Å². The summed E-state index contributed by atoms with van der Waals surface area (Å²) in [6.07, 6.45) is 0.456. The molecular weight excluding hydrogens is 771 g/mol. The zero-order valence-corrected chi connectivity index (χ0v) is 30.1. The van der Waals surface area contributed by atoms with Crippen LogP contribution in [-0.2, 0) is 15.8 Å². The van der Waals surface area contributed by atoms with Crippen LogP contribution in [0, 0.1) is 5.82 Å². The Kier molecular flexibility index (Phi) is 11.0. The van der Waals surface area contributed by atoms with E-state index in [-0.39, 0.29) is 65.7 Å². The number of fused-ring (bicyclic) bond motifs is 1. The van der Waals surface area contributed by atoms with Crippen LogP contribution in [0.15, 0.2) is 48.5 Å². The third-order valence-corrected chi connectivity index (χ3v) is 11.0. The van der Waals surface area contributed by atoms with E-state index < -0.39 is 85.2 Å². The van der Waals surface area contributed by atoms with Gasteiger partial charge >= 0.3 is 32.7 Å². The zero-order valence-electron chi connectivity index (χ0n) is 28.5. The lowest BCUT2D eigenvalue weighted by atomic mass is 9.72. The number of benzene rings is 3. The van der Waals surface area contributed by atoms with E-state index in [2.05, 4.69) is 10.6 Å². The fourth-order valence-electron chi connectivity index (χ4n) is 6.74. The molecule has 18 nitrogen and oxygen atoms in total. The number of halogens is 2. The number of aromatic hydroxyl groups is 2. The maximum atomic E-state index is 14.2. The van der Waals surface area contributed by atoms with Gasteiger partial charge in [-0.2, -0.15) is 0 Å². The van der Waals surface area contributed by atoms with Crippen molar-refractivity contribution in [3.63, 3.8) is 0 Å². The van der Waals surface area contributed by atoms with Gasteiger partial charge in [0.1, 0.15) is 23.2 Å².